The van der Waals surface area contributed by atoms with Crippen molar-refractivity contribution >= 4 is 23.5 Å². The lowest BCUT2D eigenvalue weighted by Gasteiger charge is -2.73. The van der Waals surface area contributed by atoms with Crippen LogP contribution in [0.3, 0.4) is 0 Å². The van der Waals surface area contributed by atoms with Crippen LogP contribution in [0.5, 0.6) is 0 Å². The molecular weight excluding hydrogens is 766 g/mol. The van der Waals surface area contributed by atoms with E-state index in [1.54, 1.807) is 13.0 Å². The Morgan fingerprint density at radius 2 is 1.62 bits per heavy atom. The third-order valence-electron chi connectivity index (χ3n) is 20.7. The number of likely N-dealkylation sites (tertiary alicyclic amines) is 1. The molecule has 8 nitrogen and oxygen atoms in total. The number of aryl methyl sites for hydroxylation is 1. The van der Waals surface area contributed by atoms with Gasteiger partial charge in [0, 0.05) is 23.7 Å². The van der Waals surface area contributed by atoms with Crippen LogP contribution in [0.2, 0.25) is 0 Å². The zero-order valence-electron chi connectivity index (χ0n) is 38.6. The number of carbonyl (C=O) groups is 3. The van der Waals surface area contributed by atoms with E-state index in [1.165, 1.54) is 5.57 Å². The highest BCUT2D eigenvalue weighted by Gasteiger charge is 2.73. The molecule has 7 fully saturated rings. The van der Waals surface area contributed by atoms with Gasteiger partial charge in [0.2, 0.25) is 5.91 Å². The molecule has 6 saturated carbocycles. The summed E-state index contributed by atoms with van der Waals surface area (Å²) in [7, 11) is 0. The highest BCUT2D eigenvalue weighted by atomic mass is 19.1. The number of hydrogen-bond acceptors (Lipinski definition) is 6. The number of carboxylic acids is 1. The predicted octanol–water partition coefficient (Wildman–Crippen LogP) is 10.3. The summed E-state index contributed by atoms with van der Waals surface area (Å²) in [5.41, 5.74) is 2.67. The van der Waals surface area contributed by atoms with Gasteiger partial charge in [-0.15, -0.1) is 0 Å². The van der Waals surface area contributed by atoms with Gasteiger partial charge in [-0.05, 0) is 160 Å². The number of halogens is 1. The average Bonchev–Trinajstić information content (AvgIpc) is 3.96. The van der Waals surface area contributed by atoms with Gasteiger partial charge in [0.1, 0.15) is 18.1 Å². The first-order valence-corrected chi connectivity index (χ1v) is 24.0. The molecule has 8 aliphatic rings. The largest absolute Gasteiger partial charge is 0.481 e. The van der Waals surface area contributed by atoms with Crippen molar-refractivity contribution in [3.63, 3.8) is 0 Å². The van der Waals surface area contributed by atoms with Crippen molar-refractivity contribution in [1.82, 2.24) is 15.5 Å². The summed E-state index contributed by atoms with van der Waals surface area (Å²) in [5.74, 6) is 0.242. The Morgan fingerprint density at radius 3 is 2.31 bits per heavy atom. The highest BCUT2D eigenvalue weighted by Crippen LogP contribution is 2.78. The van der Waals surface area contributed by atoms with Crippen LogP contribution < -0.4 is 10.6 Å². The molecule has 0 aromatic heterocycles. The van der Waals surface area contributed by atoms with E-state index >= 15 is 4.79 Å². The van der Waals surface area contributed by atoms with Crippen LogP contribution in [0, 0.1) is 86.7 Å². The van der Waals surface area contributed by atoms with Gasteiger partial charge in [0.05, 0.1) is 29.0 Å². The van der Waals surface area contributed by atoms with Crippen molar-refractivity contribution in [2.75, 3.05) is 6.54 Å². The molecule has 61 heavy (non-hydrogen) atoms. The van der Waals surface area contributed by atoms with Crippen LogP contribution in [0.25, 0.3) is 5.70 Å². The number of hydrogen-bond donors (Lipinski definition) is 3. The van der Waals surface area contributed by atoms with Crippen LogP contribution in [0.1, 0.15) is 150 Å². The van der Waals surface area contributed by atoms with Gasteiger partial charge in [-0.3, -0.25) is 14.4 Å². The number of fused-ring (bicyclic) bond motifs is 7. The molecule has 3 N–H and O–H groups in total. The normalized spacial score (nSPS) is 44.2. The second-order valence-corrected chi connectivity index (χ2v) is 23.6. The topological polar surface area (TPSA) is 108 Å². The number of carbonyl (C=O) groups excluding carboxylic acids is 2. The van der Waals surface area contributed by atoms with Gasteiger partial charge in [-0.2, -0.15) is 0 Å². The van der Waals surface area contributed by atoms with E-state index in [0.29, 0.717) is 41.6 Å². The second kappa shape index (κ2) is 14.3. The molecule has 6 aliphatic carbocycles. The number of esters is 1. The third kappa shape index (κ3) is 6.02. The van der Waals surface area contributed by atoms with Gasteiger partial charge in [0.15, 0.2) is 0 Å². The summed E-state index contributed by atoms with van der Waals surface area (Å²) in [6.45, 7) is 25.7. The molecule has 2 heterocycles. The molecule has 5 unspecified atom stereocenters. The van der Waals surface area contributed by atoms with Gasteiger partial charge >= 0.3 is 11.9 Å². The Hall–Kier alpha value is -3.36. The Labute approximate surface area is 364 Å². The molecule has 1 aromatic carbocycles. The van der Waals surface area contributed by atoms with E-state index < -0.39 is 17.3 Å². The van der Waals surface area contributed by atoms with Crippen molar-refractivity contribution in [2.24, 2.45) is 73.9 Å². The molecule has 0 spiro atoms. The van der Waals surface area contributed by atoms with E-state index in [2.05, 4.69) is 63.7 Å². The lowest BCUT2D eigenvalue weighted by Crippen LogP contribution is -2.68. The Kier molecular flexibility index (Phi) is 10.1. The summed E-state index contributed by atoms with van der Waals surface area (Å²) in [6.07, 6.45) is 14.3. The van der Waals surface area contributed by atoms with Crippen LogP contribution in [0.15, 0.2) is 36.6 Å². The Morgan fingerprint density at radius 1 is 0.869 bits per heavy atom. The Balaban J connectivity index is 0.945. The number of aliphatic carboxylic acids is 1. The standard InChI is InChI=1S/C52H74FN3O5/c1-29(2)32-17-22-52(46(60)56-25-11-12-38(56)43-54-28-37(55-43)31-14-13-30(3)36(53)26-31)24-23-50(9)33(42(32)52)15-16-40-49(8)20-19-41(48(6,7)39(49)18-21-51(40,50)10)61-45(59)35-27-34(44(57)58)47(35,4)5/h13-14,26,28,32-35,38-43,54-55H,1,11-12,15-25,27H2,2-10H3,(H,57,58)/t32-,33?,34-,35+,38-,39-,40+,41?,42+,43?,49?,50+,51+,52?/m0/s1. The van der Waals surface area contributed by atoms with Crippen LogP contribution in [-0.2, 0) is 19.1 Å². The minimum Gasteiger partial charge on any atom is -0.481 e. The number of carboxylic acid groups (broad SMARTS) is 1. The van der Waals surface area contributed by atoms with Crippen molar-refractivity contribution in [3.8, 4) is 0 Å². The first kappa shape index (κ1) is 42.9. The number of nitrogens with one attached hydrogen (secondary N) is 2. The van der Waals surface area contributed by atoms with Crippen molar-refractivity contribution in [2.45, 2.75) is 164 Å². The summed E-state index contributed by atoms with van der Waals surface area (Å²) in [6, 6.07) is 5.40. The molecule has 9 heteroatoms. The number of ether oxygens (including phenoxy) is 1. The summed E-state index contributed by atoms with van der Waals surface area (Å²) >= 11 is 0. The summed E-state index contributed by atoms with van der Waals surface area (Å²) in [4.78, 5) is 43.4. The number of rotatable bonds is 7. The molecule has 0 bridgehead atoms. The lowest BCUT2D eigenvalue weighted by molar-refractivity contribution is -0.251. The van der Waals surface area contributed by atoms with Crippen molar-refractivity contribution in [1.29, 1.82) is 0 Å². The molecule has 1 amide bonds. The fourth-order valence-corrected chi connectivity index (χ4v) is 16.9. The van der Waals surface area contributed by atoms with E-state index in [0.717, 1.165) is 94.9 Å². The molecule has 2 aliphatic heterocycles. The van der Waals surface area contributed by atoms with Gasteiger partial charge in [-0.1, -0.05) is 72.8 Å². The molecule has 334 valence electrons. The van der Waals surface area contributed by atoms with E-state index in [9.17, 15) is 19.1 Å². The molecule has 9 rings (SSSR count). The maximum atomic E-state index is 15.6. The smallest absolute Gasteiger partial charge is 0.309 e. The first-order valence-electron chi connectivity index (χ1n) is 24.0. The molecule has 1 aromatic rings. The minimum atomic E-state index is -0.824. The maximum Gasteiger partial charge on any atom is 0.309 e. The lowest BCUT2D eigenvalue weighted by atomic mass is 9.32. The fourth-order valence-electron chi connectivity index (χ4n) is 16.9. The third-order valence-corrected chi connectivity index (χ3v) is 20.7. The average molecular weight is 840 g/mol. The monoisotopic (exact) mass is 840 g/mol. The van der Waals surface area contributed by atoms with E-state index in [4.69, 9.17) is 4.74 Å². The number of benzene rings is 1. The first-order chi connectivity index (χ1) is 28.6. The van der Waals surface area contributed by atoms with Gasteiger partial charge < -0.3 is 25.4 Å². The molecule has 0 radical (unpaired) electrons. The quantitative estimate of drug-likeness (QED) is 0.185. The van der Waals surface area contributed by atoms with Crippen LogP contribution in [-0.4, -0.2) is 52.7 Å². The zero-order chi connectivity index (χ0) is 43.8. The predicted molar refractivity (Wildman–Crippen MR) is 236 cm³/mol. The van der Waals surface area contributed by atoms with Gasteiger partial charge in [-0.25, -0.2) is 4.39 Å². The van der Waals surface area contributed by atoms with E-state index in [-0.39, 0.29) is 69.0 Å². The zero-order valence-corrected chi connectivity index (χ0v) is 38.6. The van der Waals surface area contributed by atoms with Crippen LogP contribution in [0.4, 0.5) is 4.39 Å². The highest BCUT2D eigenvalue weighted by molar-refractivity contribution is 5.85. The molecular formula is C52H74FN3O5. The maximum absolute atomic E-state index is 15.6. The SMILES string of the molecule is C=C(C)[C@@H]1CCC2(C(=O)N3CCC[C@H]3C3NC=C(c4ccc(C)c(F)c4)N3)CC[C@]3(C)C(CC[C@@H]4C5(C)CCC(OC(=O)[C@H]6C[C@@H](C(=O)O)C6(C)C)C(C)(C)[C@@H]5CC[C@]43C)[C@@H]12. The Bertz CT molecular complexity index is 2040. The number of allylic oxidation sites excluding steroid dienone is 1. The molecule has 1 saturated heterocycles. The minimum absolute atomic E-state index is 0.0202. The second-order valence-electron chi connectivity index (χ2n) is 23.6. The van der Waals surface area contributed by atoms with Crippen LogP contribution >= 0.6 is 0 Å². The number of nitrogens with zero attached hydrogens (tertiary/aromatic N) is 1. The van der Waals surface area contributed by atoms with E-state index in [1.807, 2.05) is 32.2 Å². The van der Waals surface area contributed by atoms with Crippen molar-refractivity contribution in [3.05, 3.63) is 53.5 Å². The fraction of sp³-hybridized carbons (Fsp3) is 0.750. The van der Waals surface area contributed by atoms with Gasteiger partial charge in [0.25, 0.3) is 0 Å². The number of amides is 1. The summed E-state index contributed by atoms with van der Waals surface area (Å²) < 4.78 is 21.0. The van der Waals surface area contributed by atoms with Crippen molar-refractivity contribution < 1.29 is 28.6 Å². The summed E-state index contributed by atoms with van der Waals surface area (Å²) in [5, 5.41) is 16.9. The molecule has 14 atom stereocenters.